The smallest absolute Gasteiger partial charge is 0.163 e. The highest BCUT2D eigenvalue weighted by atomic mass is 15.1. The third kappa shape index (κ3) is 5.71. The lowest BCUT2D eigenvalue weighted by atomic mass is 10.2. The standard InChI is InChI=1S/C18H25N5/c1-4-11-19-16-14-17(20-12-8-13-23(2)3)22-18(21-16)15-9-6-5-7-10-15/h4-7,9-10,14H,1,8,11-13H2,2-3H3,(H2,19,20,21,22). The van der Waals surface area contributed by atoms with Crippen molar-refractivity contribution in [1.82, 2.24) is 14.9 Å². The molecule has 2 rings (SSSR count). The van der Waals surface area contributed by atoms with Crippen molar-refractivity contribution >= 4 is 11.6 Å². The number of anilines is 2. The Labute approximate surface area is 138 Å². The second kappa shape index (κ2) is 8.90. The predicted octanol–water partition coefficient (Wildman–Crippen LogP) is 3.11. The molecule has 0 saturated heterocycles. The van der Waals surface area contributed by atoms with E-state index in [-0.39, 0.29) is 0 Å². The molecule has 0 saturated carbocycles. The molecule has 0 aliphatic heterocycles. The summed E-state index contributed by atoms with van der Waals surface area (Å²) in [5.74, 6) is 2.35. The van der Waals surface area contributed by atoms with Crippen LogP contribution in [0.15, 0.2) is 49.1 Å². The highest BCUT2D eigenvalue weighted by Gasteiger charge is 2.06. The van der Waals surface area contributed by atoms with Crippen LogP contribution in [0.1, 0.15) is 6.42 Å². The van der Waals surface area contributed by atoms with Gasteiger partial charge in [0.05, 0.1) is 0 Å². The lowest BCUT2D eigenvalue weighted by Gasteiger charge is -2.12. The second-order valence-corrected chi connectivity index (χ2v) is 5.58. The summed E-state index contributed by atoms with van der Waals surface area (Å²) in [6.45, 7) is 6.33. The van der Waals surface area contributed by atoms with Gasteiger partial charge in [-0.05, 0) is 27.1 Å². The number of benzene rings is 1. The van der Waals surface area contributed by atoms with E-state index in [0.717, 1.165) is 42.5 Å². The summed E-state index contributed by atoms with van der Waals surface area (Å²) >= 11 is 0. The zero-order valence-electron chi connectivity index (χ0n) is 13.9. The van der Waals surface area contributed by atoms with Crippen molar-refractivity contribution < 1.29 is 0 Å². The Morgan fingerprint density at radius 2 is 1.78 bits per heavy atom. The van der Waals surface area contributed by atoms with Crippen LogP contribution in [0.2, 0.25) is 0 Å². The number of nitrogens with one attached hydrogen (secondary N) is 2. The highest BCUT2D eigenvalue weighted by Crippen LogP contribution is 2.20. The molecule has 23 heavy (non-hydrogen) atoms. The molecule has 2 N–H and O–H groups in total. The molecular formula is C18H25N5. The molecular weight excluding hydrogens is 286 g/mol. The summed E-state index contributed by atoms with van der Waals surface area (Å²) < 4.78 is 0. The van der Waals surface area contributed by atoms with Crippen molar-refractivity contribution in [2.24, 2.45) is 0 Å². The molecule has 0 amide bonds. The van der Waals surface area contributed by atoms with Crippen LogP contribution in [0.4, 0.5) is 11.6 Å². The van der Waals surface area contributed by atoms with Gasteiger partial charge < -0.3 is 15.5 Å². The molecule has 0 bridgehead atoms. The van der Waals surface area contributed by atoms with Gasteiger partial charge in [0.1, 0.15) is 11.6 Å². The van der Waals surface area contributed by atoms with Crippen molar-refractivity contribution in [2.45, 2.75) is 6.42 Å². The number of hydrogen-bond acceptors (Lipinski definition) is 5. The first-order valence-corrected chi connectivity index (χ1v) is 7.87. The normalized spacial score (nSPS) is 10.6. The van der Waals surface area contributed by atoms with Crippen molar-refractivity contribution in [3.63, 3.8) is 0 Å². The van der Waals surface area contributed by atoms with Crippen LogP contribution >= 0.6 is 0 Å². The maximum atomic E-state index is 4.63. The zero-order valence-corrected chi connectivity index (χ0v) is 13.9. The van der Waals surface area contributed by atoms with Gasteiger partial charge >= 0.3 is 0 Å². The van der Waals surface area contributed by atoms with Crippen molar-refractivity contribution in [1.29, 1.82) is 0 Å². The molecule has 0 radical (unpaired) electrons. The van der Waals surface area contributed by atoms with Gasteiger partial charge in [0.15, 0.2) is 5.82 Å². The molecule has 5 heteroatoms. The molecule has 122 valence electrons. The zero-order chi connectivity index (χ0) is 16.5. The summed E-state index contributed by atoms with van der Waals surface area (Å²) in [6.07, 6.45) is 2.88. The summed E-state index contributed by atoms with van der Waals surface area (Å²) in [5, 5.41) is 6.62. The topological polar surface area (TPSA) is 53.1 Å². The number of hydrogen-bond donors (Lipinski definition) is 2. The molecule has 5 nitrogen and oxygen atoms in total. The molecule has 1 aromatic carbocycles. The number of nitrogens with zero attached hydrogens (tertiary/aromatic N) is 3. The molecule has 2 aromatic rings. The van der Waals surface area contributed by atoms with Crippen LogP contribution in [0, 0.1) is 0 Å². The maximum absolute atomic E-state index is 4.63. The molecule has 1 heterocycles. The van der Waals surface area contributed by atoms with E-state index in [1.54, 1.807) is 0 Å². The van der Waals surface area contributed by atoms with Gasteiger partial charge in [-0.15, -0.1) is 6.58 Å². The lowest BCUT2D eigenvalue weighted by Crippen LogP contribution is -2.17. The van der Waals surface area contributed by atoms with E-state index in [9.17, 15) is 0 Å². The molecule has 0 spiro atoms. The average Bonchev–Trinajstić information content (AvgIpc) is 2.57. The molecule has 0 fully saturated rings. The fraction of sp³-hybridized carbons (Fsp3) is 0.333. The Bertz CT molecular complexity index is 610. The largest absolute Gasteiger partial charge is 0.370 e. The molecule has 0 unspecified atom stereocenters. The Balaban J connectivity index is 2.14. The number of rotatable bonds is 9. The van der Waals surface area contributed by atoms with Crippen LogP contribution in [0.5, 0.6) is 0 Å². The second-order valence-electron chi connectivity index (χ2n) is 5.58. The van der Waals surface area contributed by atoms with E-state index < -0.39 is 0 Å². The van der Waals surface area contributed by atoms with Crippen LogP contribution in [-0.2, 0) is 0 Å². The maximum Gasteiger partial charge on any atom is 0.163 e. The Morgan fingerprint density at radius 3 is 2.43 bits per heavy atom. The summed E-state index contributed by atoms with van der Waals surface area (Å²) in [6, 6.07) is 11.9. The Hall–Kier alpha value is -2.40. The van der Waals surface area contributed by atoms with Crippen LogP contribution in [0.3, 0.4) is 0 Å². The first-order valence-electron chi connectivity index (χ1n) is 7.87. The fourth-order valence-corrected chi connectivity index (χ4v) is 2.13. The van der Waals surface area contributed by atoms with Crippen molar-refractivity contribution in [2.75, 3.05) is 44.4 Å². The van der Waals surface area contributed by atoms with Crippen LogP contribution in [0.25, 0.3) is 11.4 Å². The van der Waals surface area contributed by atoms with E-state index in [1.807, 2.05) is 42.5 Å². The van der Waals surface area contributed by atoms with E-state index >= 15 is 0 Å². The highest BCUT2D eigenvalue weighted by molar-refractivity contribution is 5.61. The van der Waals surface area contributed by atoms with E-state index in [2.05, 4.69) is 46.2 Å². The van der Waals surface area contributed by atoms with Crippen LogP contribution in [-0.4, -0.2) is 48.6 Å². The third-order valence-electron chi connectivity index (χ3n) is 3.27. The van der Waals surface area contributed by atoms with Gasteiger partial charge in [0, 0.05) is 24.7 Å². The van der Waals surface area contributed by atoms with Gasteiger partial charge in [-0.2, -0.15) is 0 Å². The minimum atomic E-state index is 0.672. The molecule has 1 aromatic heterocycles. The van der Waals surface area contributed by atoms with E-state index in [1.165, 1.54) is 0 Å². The number of aromatic nitrogens is 2. The van der Waals surface area contributed by atoms with E-state index in [0.29, 0.717) is 6.54 Å². The first-order chi connectivity index (χ1) is 11.2. The Morgan fingerprint density at radius 1 is 1.09 bits per heavy atom. The van der Waals surface area contributed by atoms with Gasteiger partial charge in [-0.3, -0.25) is 0 Å². The third-order valence-corrected chi connectivity index (χ3v) is 3.27. The predicted molar refractivity (Wildman–Crippen MR) is 97.8 cm³/mol. The molecule has 0 aliphatic rings. The Kier molecular flexibility index (Phi) is 6.56. The van der Waals surface area contributed by atoms with Crippen molar-refractivity contribution in [3.8, 4) is 11.4 Å². The quantitative estimate of drug-likeness (QED) is 0.550. The van der Waals surface area contributed by atoms with Gasteiger partial charge in [-0.25, -0.2) is 9.97 Å². The molecule has 0 atom stereocenters. The monoisotopic (exact) mass is 311 g/mol. The van der Waals surface area contributed by atoms with E-state index in [4.69, 9.17) is 0 Å². The minimum absolute atomic E-state index is 0.672. The molecule has 0 aliphatic carbocycles. The fourth-order valence-electron chi connectivity index (χ4n) is 2.13. The van der Waals surface area contributed by atoms with Crippen LogP contribution < -0.4 is 10.6 Å². The lowest BCUT2D eigenvalue weighted by molar-refractivity contribution is 0.405. The summed E-state index contributed by atoms with van der Waals surface area (Å²) in [5.41, 5.74) is 1.01. The van der Waals surface area contributed by atoms with Gasteiger partial charge in [0.2, 0.25) is 0 Å². The minimum Gasteiger partial charge on any atom is -0.370 e. The summed E-state index contributed by atoms with van der Waals surface area (Å²) in [7, 11) is 4.16. The van der Waals surface area contributed by atoms with Crippen molar-refractivity contribution in [3.05, 3.63) is 49.1 Å². The first kappa shape index (κ1) is 17.0. The van der Waals surface area contributed by atoms with Gasteiger partial charge in [0.25, 0.3) is 0 Å². The van der Waals surface area contributed by atoms with Gasteiger partial charge in [-0.1, -0.05) is 36.4 Å². The average molecular weight is 311 g/mol. The SMILES string of the molecule is C=CCNc1cc(NCCCN(C)C)nc(-c2ccccc2)n1. The summed E-state index contributed by atoms with van der Waals surface area (Å²) in [4.78, 5) is 11.4.